The van der Waals surface area contributed by atoms with Crippen molar-refractivity contribution in [2.24, 2.45) is 11.7 Å². The Kier molecular flexibility index (Phi) is 10.7. The van der Waals surface area contributed by atoms with Crippen LogP contribution in [0.4, 0.5) is 0 Å². The topological polar surface area (TPSA) is 177 Å². The lowest BCUT2D eigenvalue weighted by atomic mass is 9.75. The average Bonchev–Trinajstić information content (AvgIpc) is 3.38. The Morgan fingerprint density at radius 2 is 2.00 bits per heavy atom. The highest BCUT2D eigenvalue weighted by molar-refractivity contribution is 5.89. The molecule has 0 spiro atoms. The SMILES string of the molecule is C/C=C(\CCO)C(=O)OC(C)(C)[C@]1(CC2=C(CC(=O)N3CC(CNC)C3)CNC(N)=C2)Cc2cc3cc(CCCO)c(=O)oc3cc2O1. The van der Waals surface area contributed by atoms with E-state index >= 15 is 0 Å². The van der Waals surface area contributed by atoms with E-state index in [-0.39, 0.29) is 38.4 Å². The molecule has 1 fully saturated rings. The number of hydrogen-bond donors (Lipinski definition) is 5. The number of nitrogens with one attached hydrogen (secondary N) is 2. The highest BCUT2D eigenvalue weighted by atomic mass is 16.6. The molecule has 12 heteroatoms. The van der Waals surface area contributed by atoms with Crippen LogP contribution in [-0.4, -0.2) is 84.6 Å². The third kappa shape index (κ3) is 7.30. The van der Waals surface area contributed by atoms with Crippen LogP contribution in [0.3, 0.4) is 0 Å². The minimum Gasteiger partial charge on any atom is -0.482 e. The van der Waals surface area contributed by atoms with Gasteiger partial charge in [-0.1, -0.05) is 6.08 Å². The van der Waals surface area contributed by atoms with Crippen molar-refractivity contribution in [3.63, 3.8) is 0 Å². The van der Waals surface area contributed by atoms with Gasteiger partial charge in [-0.25, -0.2) is 9.59 Å². The van der Waals surface area contributed by atoms with E-state index in [1.807, 2.05) is 24.1 Å². The Bertz CT molecular complexity index is 1700. The quantitative estimate of drug-likeness (QED) is 0.114. The van der Waals surface area contributed by atoms with Crippen molar-refractivity contribution in [1.82, 2.24) is 15.5 Å². The Morgan fingerprint density at radius 1 is 1.23 bits per heavy atom. The summed E-state index contributed by atoms with van der Waals surface area (Å²) in [6.45, 7) is 7.78. The molecule has 0 radical (unpaired) electrons. The van der Waals surface area contributed by atoms with Crippen LogP contribution in [0.5, 0.6) is 5.75 Å². The van der Waals surface area contributed by atoms with E-state index in [4.69, 9.17) is 19.6 Å². The van der Waals surface area contributed by atoms with E-state index in [1.54, 1.807) is 39.0 Å². The van der Waals surface area contributed by atoms with Gasteiger partial charge >= 0.3 is 11.6 Å². The van der Waals surface area contributed by atoms with Crippen molar-refractivity contribution in [3.8, 4) is 5.75 Å². The minimum atomic E-state index is -1.22. The molecule has 0 saturated carbocycles. The average molecular weight is 665 g/mol. The summed E-state index contributed by atoms with van der Waals surface area (Å²) in [5, 5.41) is 25.9. The smallest absolute Gasteiger partial charge is 0.339 e. The molecule has 0 aliphatic carbocycles. The first-order valence-electron chi connectivity index (χ1n) is 16.7. The number of amides is 1. The van der Waals surface area contributed by atoms with E-state index in [0.717, 1.165) is 28.6 Å². The number of likely N-dealkylation sites (tertiary alicyclic amines) is 1. The number of rotatable bonds is 14. The molecule has 260 valence electrons. The summed E-state index contributed by atoms with van der Waals surface area (Å²) >= 11 is 0. The maximum Gasteiger partial charge on any atom is 0.339 e. The van der Waals surface area contributed by atoms with Crippen LogP contribution in [0.15, 0.2) is 62.1 Å². The first-order chi connectivity index (χ1) is 22.9. The Hall–Kier alpha value is -4.13. The zero-order chi connectivity index (χ0) is 34.6. The van der Waals surface area contributed by atoms with Crippen molar-refractivity contribution in [1.29, 1.82) is 0 Å². The number of aliphatic hydroxyl groups is 2. The van der Waals surface area contributed by atoms with Gasteiger partial charge in [0.05, 0.1) is 12.2 Å². The maximum absolute atomic E-state index is 13.4. The number of fused-ring (bicyclic) bond motifs is 2. The molecule has 5 rings (SSSR count). The largest absolute Gasteiger partial charge is 0.482 e. The number of allylic oxidation sites excluding steroid dienone is 2. The zero-order valence-corrected chi connectivity index (χ0v) is 28.3. The van der Waals surface area contributed by atoms with Gasteiger partial charge in [-0.15, -0.1) is 0 Å². The predicted molar refractivity (Wildman–Crippen MR) is 181 cm³/mol. The fourth-order valence-electron chi connectivity index (χ4n) is 6.80. The molecule has 1 atom stereocenters. The molecule has 1 aromatic carbocycles. The Labute approximate surface area is 280 Å². The van der Waals surface area contributed by atoms with Gasteiger partial charge in [-0.3, -0.25) is 4.79 Å². The third-order valence-electron chi connectivity index (χ3n) is 9.74. The molecule has 1 saturated heterocycles. The highest BCUT2D eigenvalue weighted by Gasteiger charge is 2.55. The van der Waals surface area contributed by atoms with Crippen LogP contribution < -0.4 is 26.7 Å². The number of esters is 1. The molecule has 1 aromatic heterocycles. The standard InChI is InChI=1S/C36H48N4O8/c1-5-23(8-10-42)34(45)48-35(2,3)36(16-26-13-31(37)39-19-28(26)14-32(43)40-20-22(21-40)18-38-4)17-27-12-25-11-24(7-6-9-41)33(44)46-29(25)15-30(27)47-36/h5,11-13,15,22,38-39,41-42H,6-10,14,16-21,37H2,1-4H3/b23-5+/t36-/m0/s1. The number of dihydropyridines is 1. The summed E-state index contributed by atoms with van der Waals surface area (Å²) in [5.74, 6) is 0.886. The number of ether oxygens (including phenoxy) is 2. The zero-order valence-electron chi connectivity index (χ0n) is 28.3. The lowest BCUT2D eigenvalue weighted by Gasteiger charge is -2.43. The summed E-state index contributed by atoms with van der Waals surface area (Å²) in [7, 11) is 1.91. The number of nitrogens with two attached hydrogens (primary N) is 1. The molecule has 2 aromatic rings. The number of benzene rings is 1. The van der Waals surface area contributed by atoms with Gasteiger partial charge < -0.3 is 45.4 Å². The molecule has 4 heterocycles. The maximum atomic E-state index is 13.4. The first-order valence-corrected chi connectivity index (χ1v) is 16.7. The number of hydrogen-bond acceptors (Lipinski definition) is 11. The van der Waals surface area contributed by atoms with Crippen LogP contribution in [0, 0.1) is 5.92 Å². The summed E-state index contributed by atoms with van der Waals surface area (Å²) in [5.41, 5.74) is 7.18. The fourth-order valence-corrected chi connectivity index (χ4v) is 6.80. The van der Waals surface area contributed by atoms with Crippen molar-refractivity contribution < 1.29 is 33.7 Å². The predicted octanol–water partition coefficient (Wildman–Crippen LogP) is 2.20. The van der Waals surface area contributed by atoms with Gasteiger partial charge in [0.25, 0.3) is 0 Å². The van der Waals surface area contributed by atoms with Gasteiger partial charge in [-0.05, 0) is 75.6 Å². The molecule has 0 unspecified atom stereocenters. The van der Waals surface area contributed by atoms with E-state index < -0.39 is 22.8 Å². The summed E-state index contributed by atoms with van der Waals surface area (Å²) in [4.78, 5) is 41.3. The second-order valence-electron chi connectivity index (χ2n) is 13.5. The van der Waals surface area contributed by atoms with Gasteiger partial charge in [0.1, 0.15) is 16.9 Å². The molecule has 3 aliphatic heterocycles. The van der Waals surface area contributed by atoms with Crippen molar-refractivity contribution >= 4 is 22.8 Å². The molecular formula is C36H48N4O8. The van der Waals surface area contributed by atoms with Crippen molar-refractivity contribution in [2.45, 2.75) is 70.5 Å². The number of carbonyl (C=O) groups is 2. The van der Waals surface area contributed by atoms with Gasteiger partial charge in [0.15, 0.2) is 5.60 Å². The summed E-state index contributed by atoms with van der Waals surface area (Å²) in [6.07, 6.45) is 5.26. The van der Waals surface area contributed by atoms with Crippen LogP contribution in [0.25, 0.3) is 11.0 Å². The first kappa shape index (κ1) is 35.2. The number of aryl methyl sites for hydroxylation is 1. The van der Waals surface area contributed by atoms with Crippen LogP contribution in [-0.2, 0) is 27.2 Å². The second-order valence-corrected chi connectivity index (χ2v) is 13.5. The summed E-state index contributed by atoms with van der Waals surface area (Å²) in [6, 6.07) is 5.41. The van der Waals surface area contributed by atoms with Crippen LogP contribution in [0.1, 0.15) is 57.6 Å². The minimum absolute atomic E-state index is 0.0358. The van der Waals surface area contributed by atoms with Crippen LogP contribution >= 0.6 is 0 Å². The van der Waals surface area contributed by atoms with E-state index in [2.05, 4.69) is 10.6 Å². The molecule has 3 aliphatic rings. The van der Waals surface area contributed by atoms with Gasteiger partial charge in [0.2, 0.25) is 5.91 Å². The van der Waals surface area contributed by atoms with Crippen molar-refractivity contribution in [2.75, 3.05) is 46.4 Å². The number of nitrogens with zero attached hydrogens (tertiary/aromatic N) is 1. The van der Waals surface area contributed by atoms with Crippen LogP contribution in [0.2, 0.25) is 0 Å². The van der Waals surface area contributed by atoms with E-state index in [1.165, 1.54) is 0 Å². The molecule has 6 N–H and O–H groups in total. The molecular weight excluding hydrogens is 616 g/mol. The second kappa shape index (κ2) is 14.6. The number of carbonyl (C=O) groups excluding carboxylic acids is 2. The van der Waals surface area contributed by atoms with E-state index in [9.17, 15) is 24.6 Å². The normalized spacial score (nSPS) is 19.8. The summed E-state index contributed by atoms with van der Waals surface area (Å²) < 4.78 is 18.7. The number of aliphatic hydroxyl groups excluding tert-OH is 2. The molecule has 48 heavy (non-hydrogen) atoms. The van der Waals surface area contributed by atoms with Gasteiger partial charge in [-0.2, -0.15) is 0 Å². The molecule has 1 amide bonds. The Morgan fingerprint density at radius 3 is 2.69 bits per heavy atom. The Balaban J connectivity index is 1.52. The monoisotopic (exact) mass is 664 g/mol. The fraction of sp³-hybridized carbons (Fsp3) is 0.528. The highest BCUT2D eigenvalue weighted by Crippen LogP contribution is 2.48. The lowest BCUT2D eigenvalue weighted by molar-refractivity contribution is -0.174. The van der Waals surface area contributed by atoms with Gasteiger partial charge in [0, 0.05) is 87.2 Å². The van der Waals surface area contributed by atoms with E-state index in [0.29, 0.717) is 73.1 Å². The third-order valence-corrected chi connectivity index (χ3v) is 9.74. The molecule has 12 nitrogen and oxygen atoms in total. The lowest BCUT2D eigenvalue weighted by Crippen LogP contribution is -2.57. The van der Waals surface area contributed by atoms with Crippen molar-refractivity contribution in [3.05, 3.63) is 74.4 Å². The molecule has 0 bridgehead atoms.